The van der Waals surface area contributed by atoms with Crippen molar-refractivity contribution < 1.29 is 0 Å². The predicted octanol–water partition coefficient (Wildman–Crippen LogP) is 0.916. The topological polar surface area (TPSA) is 113 Å². The maximum Gasteiger partial charge on any atom is 0.271 e. The van der Waals surface area contributed by atoms with Gasteiger partial charge in [-0.3, -0.25) is 4.79 Å². The lowest BCUT2D eigenvalue weighted by atomic mass is 10.3. The molecule has 0 bridgehead atoms. The molecule has 0 aliphatic carbocycles. The highest BCUT2D eigenvalue weighted by Gasteiger charge is 2.07. The van der Waals surface area contributed by atoms with Crippen LogP contribution in [0.15, 0.2) is 34.2 Å². The van der Waals surface area contributed by atoms with Crippen LogP contribution in [0, 0.1) is 0 Å². The van der Waals surface area contributed by atoms with Crippen LogP contribution in [0.5, 0.6) is 0 Å². The molecule has 96 valence electrons. The van der Waals surface area contributed by atoms with Gasteiger partial charge in [0.2, 0.25) is 11.1 Å². The van der Waals surface area contributed by atoms with Crippen molar-refractivity contribution in [1.29, 1.82) is 0 Å². The molecule has 0 saturated heterocycles. The summed E-state index contributed by atoms with van der Waals surface area (Å²) in [4.78, 5) is 22.9. The number of nitrogens with one attached hydrogen (secondary N) is 2. The van der Waals surface area contributed by atoms with Crippen LogP contribution in [0.4, 0.5) is 5.95 Å². The number of nitrogens with zero attached hydrogens (tertiary/aromatic N) is 3. The Balaban J connectivity index is 1.88. The Hall–Kier alpha value is -2.35. The Morgan fingerprint density at radius 2 is 2.11 bits per heavy atom. The van der Waals surface area contributed by atoms with Crippen molar-refractivity contribution in [2.24, 2.45) is 0 Å². The van der Waals surface area contributed by atoms with Gasteiger partial charge in [0.15, 0.2) is 0 Å². The van der Waals surface area contributed by atoms with Gasteiger partial charge in [-0.25, -0.2) is 10.1 Å². The minimum atomic E-state index is -0.199. The zero-order chi connectivity index (χ0) is 13.2. The van der Waals surface area contributed by atoms with Gasteiger partial charge in [0.05, 0.1) is 11.0 Å². The first-order valence-electron chi connectivity index (χ1n) is 5.51. The van der Waals surface area contributed by atoms with Crippen LogP contribution < -0.4 is 11.3 Å². The van der Waals surface area contributed by atoms with Gasteiger partial charge >= 0.3 is 0 Å². The maximum atomic E-state index is 11.9. The number of nitrogens with two attached hydrogens (primary N) is 1. The molecule has 0 saturated carbocycles. The predicted molar refractivity (Wildman–Crippen MR) is 72.7 cm³/mol. The summed E-state index contributed by atoms with van der Waals surface area (Å²) in [7, 11) is 0. The van der Waals surface area contributed by atoms with Crippen LogP contribution in [-0.4, -0.2) is 25.1 Å². The summed E-state index contributed by atoms with van der Waals surface area (Å²) in [5.41, 5.74) is 7.15. The van der Waals surface area contributed by atoms with Gasteiger partial charge in [-0.05, 0) is 12.1 Å². The molecular weight excluding hydrogens is 264 g/mol. The van der Waals surface area contributed by atoms with Crippen LogP contribution in [0.2, 0.25) is 0 Å². The first kappa shape index (κ1) is 11.7. The second-order valence-corrected chi connectivity index (χ2v) is 4.76. The third kappa shape index (κ3) is 2.43. The highest BCUT2D eigenvalue weighted by molar-refractivity contribution is 7.98. The number of anilines is 1. The number of nitrogen functional groups attached to an aromatic ring is 1. The van der Waals surface area contributed by atoms with Crippen molar-refractivity contribution in [1.82, 2.24) is 25.1 Å². The van der Waals surface area contributed by atoms with Gasteiger partial charge in [-0.2, -0.15) is 4.98 Å². The van der Waals surface area contributed by atoms with E-state index in [4.69, 9.17) is 5.73 Å². The zero-order valence-corrected chi connectivity index (χ0v) is 10.6. The molecule has 0 fully saturated rings. The largest absolute Gasteiger partial charge is 0.368 e. The van der Waals surface area contributed by atoms with E-state index in [2.05, 4.69) is 25.1 Å². The lowest BCUT2D eigenvalue weighted by Gasteiger charge is -2.00. The molecule has 8 heteroatoms. The molecule has 0 atom stereocenters. The number of hydrogen-bond donors (Lipinski definition) is 3. The second kappa shape index (κ2) is 4.73. The minimum Gasteiger partial charge on any atom is -0.368 e. The van der Waals surface area contributed by atoms with E-state index < -0.39 is 0 Å². The number of aromatic amines is 2. The summed E-state index contributed by atoms with van der Waals surface area (Å²) in [6.45, 7) is 0. The molecule has 0 radical (unpaired) electrons. The van der Waals surface area contributed by atoms with Crippen molar-refractivity contribution in [3.63, 3.8) is 0 Å². The molecule has 0 amide bonds. The lowest BCUT2D eigenvalue weighted by Crippen LogP contribution is -2.14. The quantitative estimate of drug-likeness (QED) is 0.612. The summed E-state index contributed by atoms with van der Waals surface area (Å²) in [6.07, 6.45) is 0. The number of fused-ring (bicyclic) bond motifs is 1. The number of aromatic nitrogens is 5. The standard InChI is InChI=1S/C11H10N6OS/c12-10-15-11(17-16-10)19-5-8-9(18)14-7-4-2-1-3-6(7)13-8/h1-4H,5H2,(H,14,18)(H3,12,15,16,17). The molecule has 3 rings (SSSR count). The van der Waals surface area contributed by atoms with Gasteiger partial charge in [0.1, 0.15) is 5.69 Å². The molecule has 3 aromatic rings. The fourth-order valence-corrected chi connectivity index (χ4v) is 2.36. The Kier molecular flexibility index (Phi) is 2.92. The average Bonchev–Trinajstić information content (AvgIpc) is 2.82. The highest BCUT2D eigenvalue weighted by Crippen LogP contribution is 2.17. The van der Waals surface area contributed by atoms with E-state index in [9.17, 15) is 4.79 Å². The van der Waals surface area contributed by atoms with Crippen LogP contribution in [0.3, 0.4) is 0 Å². The van der Waals surface area contributed by atoms with Crippen molar-refractivity contribution in [3.05, 3.63) is 40.3 Å². The van der Waals surface area contributed by atoms with Crippen LogP contribution in [0.25, 0.3) is 11.0 Å². The highest BCUT2D eigenvalue weighted by atomic mass is 32.2. The SMILES string of the molecule is Nc1nc(SCc2nc3ccccc3[nH]c2=O)n[nH]1. The third-order valence-corrected chi connectivity index (χ3v) is 3.35. The summed E-state index contributed by atoms with van der Waals surface area (Å²) < 4.78 is 0. The van der Waals surface area contributed by atoms with Crippen LogP contribution >= 0.6 is 11.8 Å². The maximum absolute atomic E-state index is 11.9. The van der Waals surface area contributed by atoms with E-state index in [1.807, 2.05) is 24.3 Å². The van der Waals surface area contributed by atoms with Gasteiger partial charge in [0.25, 0.3) is 5.56 Å². The number of thioether (sulfide) groups is 1. The summed E-state index contributed by atoms with van der Waals surface area (Å²) in [6, 6.07) is 7.40. The fraction of sp³-hybridized carbons (Fsp3) is 0.0909. The van der Waals surface area contributed by atoms with Gasteiger partial charge in [-0.1, -0.05) is 23.9 Å². The van der Waals surface area contributed by atoms with Crippen molar-refractivity contribution >= 4 is 28.7 Å². The minimum absolute atomic E-state index is 0.199. The van der Waals surface area contributed by atoms with E-state index in [1.165, 1.54) is 11.8 Å². The average molecular weight is 274 g/mol. The van der Waals surface area contributed by atoms with E-state index in [0.29, 0.717) is 16.6 Å². The molecule has 1 aromatic carbocycles. The molecule has 0 spiro atoms. The Labute approximate surface area is 111 Å². The first-order valence-corrected chi connectivity index (χ1v) is 6.49. The monoisotopic (exact) mass is 274 g/mol. The summed E-state index contributed by atoms with van der Waals surface area (Å²) in [5.74, 6) is 0.639. The molecule has 0 unspecified atom stereocenters. The smallest absolute Gasteiger partial charge is 0.271 e. The van der Waals surface area contributed by atoms with Crippen molar-refractivity contribution in [2.75, 3.05) is 5.73 Å². The molecule has 19 heavy (non-hydrogen) atoms. The third-order valence-electron chi connectivity index (χ3n) is 2.49. The Bertz CT molecular complexity index is 780. The molecule has 4 N–H and O–H groups in total. The molecule has 0 aliphatic rings. The normalized spacial score (nSPS) is 10.9. The van der Waals surface area contributed by atoms with Crippen molar-refractivity contribution in [2.45, 2.75) is 10.9 Å². The molecule has 0 aliphatic heterocycles. The number of hydrogen-bond acceptors (Lipinski definition) is 6. The second-order valence-electron chi connectivity index (χ2n) is 3.82. The van der Waals surface area contributed by atoms with E-state index >= 15 is 0 Å². The summed E-state index contributed by atoms with van der Waals surface area (Å²) >= 11 is 1.30. The zero-order valence-electron chi connectivity index (χ0n) is 9.75. The molecule has 7 nitrogen and oxygen atoms in total. The lowest BCUT2D eigenvalue weighted by molar-refractivity contribution is 0.970. The number of rotatable bonds is 3. The number of H-pyrrole nitrogens is 2. The molecule has 2 aromatic heterocycles. The Morgan fingerprint density at radius 3 is 2.89 bits per heavy atom. The van der Waals surface area contributed by atoms with Crippen LogP contribution in [0.1, 0.15) is 5.69 Å². The Morgan fingerprint density at radius 1 is 1.26 bits per heavy atom. The van der Waals surface area contributed by atoms with Gasteiger partial charge < -0.3 is 10.7 Å². The number of para-hydroxylation sites is 2. The fourth-order valence-electron chi connectivity index (χ4n) is 1.62. The van der Waals surface area contributed by atoms with Crippen molar-refractivity contribution in [3.8, 4) is 0 Å². The van der Waals surface area contributed by atoms with Gasteiger partial charge in [-0.15, -0.1) is 5.10 Å². The van der Waals surface area contributed by atoms with Crippen LogP contribution in [-0.2, 0) is 5.75 Å². The van der Waals surface area contributed by atoms with E-state index in [1.54, 1.807) is 0 Å². The number of benzene rings is 1. The molecule has 2 heterocycles. The van der Waals surface area contributed by atoms with E-state index in [0.717, 1.165) is 11.0 Å². The van der Waals surface area contributed by atoms with Gasteiger partial charge in [0, 0.05) is 5.75 Å². The molecular formula is C11H10N6OS. The first-order chi connectivity index (χ1) is 9.22. The summed E-state index contributed by atoms with van der Waals surface area (Å²) in [5, 5.41) is 6.92. The van der Waals surface area contributed by atoms with E-state index in [-0.39, 0.29) is 11.5 Å².